The predicted molar refractivity (Wildman–Crippen MR) is 129 cm³/mol. The van der Waals surface area contributed by atoms with Crippen LogP contribution in [0.2, 0.25) is 0 Å². The van der Waals surface area contributed by atoms with E-state index in [1.54, 1.807) is 30.6 Å². The highest BCUT2D eigenvalue weighted by molar-refractivity contribution is 14.0. The fourth-order valence-corrected chi connectivity index (χ4v) is 3.29. The number of ether oxygens (including phenoxy) is 1. The Bertz CT molecular complexity index is 784. The van der Waals surface area contributed by atoms with Crippen LogP contribution in [0.1, 0.15) is 31.7 Å². The molecule has 0 radical (unpaired) electrons. The Kier molecular flexibility index (Phi) is 10.9. The lowest BCUT2D eigenvalue weighted by Crippen LogP contribution is -2.42. The Morgan fingerprint density at radius 2 is 2.03 bits per heavy atom. The van der Waals surface area contributed by atoms with Gasteiger partial charge in [-0.2, -0.15) is 0 Å². The van der Waals surface area contributed by atoms with Crippen LogP contribution in [0.3, 0.4) is 0 Å². The minimum atomic E-state index is -0.412. The number of halogens is 2. The van der Waals surface area contributed by atoms with E-state index in [0.717, 1.165) is 31.2 Å². The van der Waals surface area contributed by atoms with Crippen molar-refractivity contribution in [1.29, 1.82) is 0 Å². The van der Waals surface area contributed by atoms with Crippen molar-refractivity contribution in [3.63, 3.8) is 0 Å². The van der Waals surface area contributed by atoms with E-state index in [1.807, 2.05) is 13.0 Å². The van der Waals surface area contributed by atoms with Crippen molar-refractivity contribution in [2.24, 2.45) is 4.99 Å². The zero-order valence-electron chi connectivity index (χ0n) is 17.4. The zero-order valence-corrected chi connectivity index (χ0v) is 19.8. The second-order valence-electron chi connectivity index (χ2n) is 7.08. The first-order valence-electron chi connectivity index (χ1n) is 10.4. The number of guanidine groups is 1. The summed E-state index contributed by atoms with van der Waals surface area (Å²) < 4.78 is 19.9. The molecule has 1 saturated heterocycles. The van der Waals surface area contributed by atoms with Crippen LogP contribution in [0.4, 0.5) is 4.39 Å². The summed E-state index contributed by atoms with van der Waals surface area (Å²) >= 11 is 0. The van der Waals surface area contributed by atoms with Crippen molar-refractivity contribution < 1.29 is 9.13 Å². The Morgan fingerprint density at radius 1 is 1.20 bits per heavy atom. The second kappa shape index (κ2) is 13.4. The van der Waals surface area contributed by atoms with Gasteiger partial charge in [0.15, 0.2) is 17.5 Å². The fraction of sp³-hybridized carbons (Fsp3) is 0.455. The van der Waals surface area contributed by atoms with E-state index in [-0.39, 0.29) is 29.7 Å². The molecule has 1 aromatic heterocycles. The Balaban J connectivity index is 0.00000320. The third kappa shape index (κ3) is 8.06. The van der Waals surface area contributed by atoms with Crippen LogP contribution < -0.4 is 15.4 Å². The molecule has 164 valence electrons. The number of nitrogens with one attached hydrogen (secondary N) is 2. The molecule has 0 aliphatic carbocycles. The molecule has 30 heavy (non-hydrogen) atoms. The lowest BCUT2D eigenvalue weighted by atomic mass is 10.1. The molecule has 0 amide bonds. The minimum Gasteiger partial charge on any atom is -0.453 e. The van der Waals surface area contributed by atoms with Crippen LogP contribution in [0.15, 0.2) is 47.7 Å². The van der Waals surface area contributed by atoms with Crippen molar-refractivity contribution in [2.75, 3.05) is 32.7 Å². The van der Waals surface area contributed by atoms with Gasteiger partial charge in [0, 0.05) is 25.8 Å². The van der Waals surface area contributed by atoms with Gasteiger partial charge in [0.2, 0.25) is 0 Å². The Hall–Kier alpha value is -1.94. The summed E-state index contributed by atoms with van der Waals surface area (Å²) in [7, 11) is 0. The summed E-state index contributed by atoms with van der Waals surface area (Å²) in [4.78, 5) is 11.0. The molecule has 1 aliphatic rings. The quantitative estimate of drug-likeness (QED) is 0.307. The number of piperidine rings is 1. The molecule has 0 spiro atoms. The molecule has 3 rings (SSSR count). The summed E-state index contributed by atoms with van der Waals surface area (Å²) in [6.45, 7) is 7.43. The smallest absolute Gasteiger partial charge is 0.191 e. The first-order valence-corrected chi connectivity index (χ1v) is 10.4. The predicted octanol–water partition coefficient (Wildman–Crippen LogP) is 4.17. The highest BCUT2D eigenvalue weighted by Crippen LogP contribution is 2.24. The number of benzene rings is 1. The molecule has 0 atom stereocenters. The average Bonchev–Trinajstić information content (AvgIpc) is 2.75. The first-order chi connectivity index (χ1) is 14.2. The fourth-order valence-electron chi connectivity index (χ4n) is 3.29. The van der Waals surface area contributed by atoms with E-state index in [0.29, 0.717) is 12.3 Å². The van der Waals surface area contributed by atoms with Gasteiger partial charge in [0.1, 0.15) is 5.75 Å². The van der Waals surface area contributed by atoms with Crippen LogP contribution in [0, 0.1) is 5.82 Å². The second-order valence-corrected chi connectivity index (χ2v) is 7.08. The zero-order chi connectivity index (χ0) is 20.3. The number of likely N-dealkylation sites (tertiary alicyclic amines) is 1. The van der Waals surface area contributed by atoms with E-state index < -0.39 is 5.82 Å². The monoisotopic (exact) mass is 527 g/mol. The molecule has 1 fully saturated rings. The molecule has 2 N–H and O–H groups in total. The maximum Gasteiger partial charge on any atom is 0.191 e. The summed E-state index contributed by atoms with van der Waals surface area (Å²) in [5.74, 6) is 1.02. The van der Waals surface area contributed by atoms with Crippen LogP contribution in [-0.4, -0.2) is 48.6 Å². The van der Waals surface area contributed by atoms with Crippen molar-refractivity contribution >= 4 is 29.9 Å². The number of aliphatic imine (C=N–C) groups is 1. The maximum atomic E-state index is 14.4. The van der Waals surface area contributed by atoms with E-state index in [2.05, 4.69) is 25.5 Å². The van der Waals surface area contributed by atoms with Gasteiger partial charge in [0.25, 0.3) is 0 Å². The molecule has 2 aromatic rings. The minimum absolute atomic E-state index is 0. The van der Waals surface area contributed by atoms with Gasteiger partial charge in [-0.15, -0.1) is 24.0 Å². The Morgan fingerprint density at radius 3 is 2.73 bits per heavy atom. The summed E-state index contributed by atoms with van der Waals surface area (Å²) in [5, 5.41) is 6.61. The molecule has 1 aliphatic heterocycles. The maximum absolute atomic E-state index is 14.4. The van der Waals surface area contributed by atoms with Gasteiger partial charge >= 0.3 is 0 Å². The lowest BCUT2D eigenvalue weighted by molar-refractivity contribution is 0.232. The molecule has 8 heteroatoms. The van der Waals surface area contributed by atoms with Gasteiger partial charge in [0.05, 0.1) is 12.7 Å². The summed E-state index contributed by atoms with van der Waals surface area (Å²) in [6, 6.07) is 8.41. The number of rotatable bonds is 8. The van der Waals surface area contributed by atoms with E-state index >= 15 is 0 Å². The molecule has 0 unspecified atom stereocenters. The third-order valence-corrected chi connectivity index (χ3v) is 4.79. The molecular weight excluding hydrogens is 496 g/mol. The molecular formula is C22H31FIN5O. The summed E-state index contributed by atoms with van der Waals surface area (Å²) in [6.07, 6.45) is 7.12. The number of aromatic nitrogens is 1. The lowest BCUT2D eigenvalue weighted by Gasteiger charge is -2.26. The van der Waals surface area contributed by atoms with Gasteiger partial charge in [-0.05, 0) is 62.7 Å². The largest absolute Gasteiger partial charge is 0.453 e. The van der Waals surface area contributed by atoms with E-state index in [4.69, 9.17) is 4.74 Å². The van der Waals surface area contributed by atoms with Gasteiger partial charge in [-0.3, -0.25) is 4.98 Å². The van der Waals surface area contributed by atoms with Crippen LogP contribution in [0.25, 0.3) is 0 Å². The molecule has 1 aromatic carbocycles. The highest BCUT2D eigenvalue weighted by Gasteiger charge is 2.10. The van der Waals surface area contributed by atoms with E-state index in [1.165, 1.54) is 38.4 Å². The number of nitrogens with zero attached hydrogens (tertiary/aromatic N) is 3. The number of hydrogen-bond donors (Lipinski definition) is 2. The van der Waals surface area contributed by atoms with Crippen LogP contribution >= 0.6 is 24.0 Å². The summed E-state index contributed by atoms with van der Waals surface area (Å²) in [5.41, 5.74) is 0.786. The standard InChI is InChI=1S/C22H30FN5O.HI/c1-2-25-22(26-11-14-28-12-4-3-5-13-28)27-16-18-8-9-21(20(23)15-18)29-19-7-6-10-24-17-19;/h6-10,15,17H,2-5,11-14,16H2,1H3,(H2,25,26,27);1H. The van der Waals surface area contributed by atoms with Gasteiger partial charge in [-0.25, -0.2) is 9.38 Å². The highest BCUT2D eigenvalue weighted by atomic mass is 127. The number of hydrogen-bond acceptors (Lipinski definition) is 4. The van der Waals surface area contributed by atoms with Gasteiger partial charge in [-0.1, -0.05) is 12.5 Å². The topological polar surface area (TPSA) is 61.8 Å². The van der Waals surface area contributed by atoms with Crippen molar-refractivity contribution in [3.8, 4) is 11.5 Å². The molecule has 0 bridgehead atoms. The Labute approximate surface area is 195 Å². The van der Waals surface area contributed by atoms with Crippen molar-refractivity contribution in [1.82, 2.24) is 20.5 Å². The number of pyridine rings is 1. The third-order valence-electron chi connectivity index (χ3n) is 4.79. The first kappa shape index (κ1) is 24.3. The average molecular weight is 527 g/mol. The SMILES string of the molecule is CCNC(=NCc1ccc(Oc2cccnc2)c(F)c1)NCCN1CCCCC1.I. The van der Waals surface area contributed by atoms with Crippen LogP contribution in [0.5, 0.6) is 11.5 Å². The molecule has 6 nitrogen and oxygen atoms in total. The van der Waals surface area contributed by atoms with Crippen LogP contribution in [-0.2, 0) is 6.54 Å². The van der Waals surface area contributed by atoms with Crippen molar-refractivity contribution in [3.05, 3.63) is 54.1 Å². The molecule has 2 heterocycles. The van der Waals surface area contributed by atoms with E-state index in [9.17, 15) is 4.39 Å². The normalized spacial score (nSPS) is 14.7. The van der Waals surface area contributed by atoms with Crippen molar-refractivity contribution in [2.45, 2.75) is 32.7 Å². The molecule has 0 saturated carbocycles. The van der Waals surface area contributed by atoms with Gasteiger partial charge < -0.3 is 20.3 Å².